The van der Waals surface area contributed by atoms with Crippen LogP contribution in [-0.4, -0.2) is 38.0 Å². The molecule has 6 nitrogen and oxygen atoms in total. The van der Waals surface area contributed by atoms with Gasteiger partial charge in [-0.2, -0.15) is 4.31 Å². The molecule has 24 heavy (non-hydrogen) atoms. The molecule has 1 aromatic heterocycles. The van der Waals surface area contributed by atoms with Gasteiger partial charge in [-0.1, -0.05) is 23.7 Å². The minimum absolute atomic E-state index is 0.202. The molecular formula is C16H19ClN2O4S. The molecule has 1 N–H and O–H groups in total. The average molecular weight is 371 g/mol. The van der Waals surface area contributed by atoms with Gasteiger partial charge in [0, 0.05) is 11.6 Å². The Morgan fingerprint density at radius 1 is 1.29 bits per heavy atom. The molecule has 0 bridgehead atoms. The van der Waals surface area contributed by atoms with Crippen LogP contribution in [-0.2, 0) is 27.8 Å². The zero-order valence-corrected chi connectivity index (χ0v) is 14.8. The van der Waals surface area contributed by atoms with Crippen LogP contribution in [0, 0.1) is 0 Å². The van der Waals surface area contributed by atoms with Crippen molar-refractivity contribution >= 4 is 27.5 Å². The Labute approximate surface area is 146 Å². The second kappa shape index (κ2) is 8.32. The summed E-state index contributed by atoms with van der Waals surface area (Å²) >= 11 is 5.92. The van der Waals surface area contributed by atoms with E-state index in [0.29, 0.717) is 17.2 Å². The average Bonchev–Trinajstić information content (AvgIpc) is 3.01. The largest absolute Gasteiger partial charge is 0.467 e. The number of carbonyl (C=O) groups excluding carboxylic acids is 1. The Morgan fingerprint density at radius 3 is 2.71 bits per heavy atom. The van der Waals surface area contributed by atoms with E-state index in [1.165, 1.54) is 6.26 Å². The second-order valence-electron chi connectivity index (χ2n) is 5.33. The maximum Gasteiger partial charge on any atom is 0.235 e. The van der Waals surface area contributed by atoms with Crippen molar-refractivity contribution in [3.63, 3.8) is 0 Å². The summed E-state index contributed by atoms with van der Waals surface area (Å²) in [4.78, 5) is 12.0. The van der Waals surface area contributed by atoms with Gasteiger partial charge in [0.25, 0.3) is 0 Å². The lowest BCUT2D eigenvalue weighted by Gasteiger charge is -2.19. The number of amides is 1. The molecule has 0 unspecified atom stereocenters. The van der Waals surface area contributed by atoms with Crippen molar-refractivity contribution in [2.75, 3.05) is 19.3 Å². The first-order valence-corrected chi connectivity index (χ1v) is 9.56. The highest BCUT2D eigenvalue weighted by atomic mass is 35.5. The first kappa shape index (κ1) is 18.5. The first-order chi connectivity index (χ1) is 11.3. The smallest absolute Gasteiger partial charge is 0.235 e. The fraction of sp³-hybridized carbons (Fsp3) is 0.312. The molecule has 0 saturated carbocycles. The molecule has 0 saturated heterocycles. The fourth-order valence-electron chi connectivity index (χ4n) is 2.12. The minimum Gasteiger partial charge on any atom is -0.467 e. The number of hydrogen-bond donors (Lipinski definition) is 1. The van der Waals surface area contributed by atoms with Crippen molar-refractivity contribution < 1.29 is 17.6 Å². The van der Waals surface area contributed by atoms with Crippen LogP contribution in [0.15, 0.2) is 47.1 Å². The standard InChI is InChI=1S/C16H19ClN2O4S/c1-24(21,22)19(8-7-13-4-2-5-14(17)10-13)12-16(20)18-11-15-6-3-9-23-15/h2-6,9-10H,7-8,11-12H2,1H3,(H,18,20). The van der Waals surface area contributed by atoms with Crippen LogP contribution in [0.25, 0.3) is 0 Å². The van der Waals surface area contributed by atoms with E-state index in [9.17, 15) is 13.2 Å². The van der Waals surface area contributed by atoms with Crippen molar-refractivity contribution in [2.24, 2.45) is 0 Å². The van der Waals surface area contributed by atoms with E-state index in [1.54, 1.807) is 30.3 Å². The number of sulfonamides is 1. The fourth-order valence-corrected chi connectivity index (χ4v) is 3.11. The summed E-state index contributed by atoms with van der Waals surface area (Å²) in [5.41, 5.74) is 0.909. The molecule has 1 amide bonds. The maximum atomic E-state index is 12.0. The van der Waals surface area contributed by atoms with Gasteiger partial charge in [0.2, 0.25) is 15.9 Å². The predicted molar refractivity (Wildman–Crippen MR) is 92.1 cm³/mol. The van der Waals surface area contributed by atoms with Crippen LogP contribution >= 0.6 is 11.6 Å². The summed E-state index contributed by atoms with van der Waals surface area (Å²) in [5, 5.41) is 3.23. The number of benzene rings is 1. The Hall–Kier alpha value is -1.83. The lowest BCUT2D eigenvalue weighted by molar-refractivity contribution is -0.121. The summed E-state index contributed by atoms with van der Waals surface area (Å²) in [5.74, 6) is 0.219. The number of rotatable bonds is 8. The Balaban J connectivity index is 1.91. The Kier molecular flexibility index (Phi) is 6.42. The first-order valence-electron chi connectivity index (χ1n) is 7.33. The number of hydrogen-bond acceptors (Lipinski definition) is 4. The van der Waals surface area contributed by atoms with E-state index < -0.39 is 10.0 Å². The number of halogens is 1. The molecule has 8 heteroatoms. The molecule has 130 valence electrons. The highest BCUT2D eigenvalue weighted by molar-refractivity contribution is 7.88. The van der Waals surface area contributed by atoms with E-state index in [1.807, 2.05) is 6.07 Å². The highest BCUT2D eigenvalue weighted by Crippen LogP contribution is 2.12. The molecule has 0 aliphatic carbocycles. The van der Waals surface area contributed by atoms with E-state index in [-0.39, 0.29) is 25.5 Å². The summed E-state index contributed by atoms with van der Waals surface area (Å²) in [6.45, 7) is 0.186. The third kappa shape index (κ3) is 5.99. The molecule has 0 atom stereocenters. The third-order valence-electron chi connectivity index (χ3n) is 3.37. The molecule has 0 radical (unpaired) electrons. The van der Waals surface area contributed by atoms with Crippen LogP contribution in [0.5, 0.6) is 0 Å². The predicted octanol–water partition coefficient (Wildman–Crippen LogP) is 2.05. The Morgan fingerprint density at radius 2 is 2.08 bits per heavy atom. The van der Waals surface area contributed by atoms with Gasteiger partial charge < -0.3 is 9.73 Å². The summed E-state index contributed by atoms with van der Waals surface area (Å²) in [6, 6.07) is 10.6. The number of furan rings is 1. The minimum atomic E-state index is -3.50. The third-order valence-corrected chi connectivity index (χ3v) is 4.85. The molecule has 0 aliphatic rings. The number of nitrogens with zero attached hydrogens (tertiary/aromatic N) is 1. The van der Waals surface area contributed by atoms with Crippen LogP contribution < -0.4 is 5.32 Å². The van der Waals surface area contributed by atoms with Gasteiger partial charge in [0.05, 0.1) is 25.6 Å². The van der Waals surface area contributed by atoms with E-state index in [2.05, 4.69) is 5.32 Å². The molecule has 0 spiro atoms. The second-order valence-corrected chi connectivity index (χ2v) is 7.75. The summed E-state index contributed by atoms with van der Waals surface area (Å²) in [7, 11) is -3.50. The topological polar surface area (TPSA) is 79.6 Å². The van der Waals surface area contributed by atoms with Gasteiger partial charge in [0.1, 0.15) is 5.76 Å². The quantitative estimate of drug-likeness (QED) is 0.771. The van der Waals surface area contributed by atoms with E-state index >= 15 is 0 Å². The zero-order valence-electron chi connectivity index (χ0n) is 13.2. The van der Waals surface area contributed by atoms with Gasteiger partial charge in [-0.25, -0.2) is 8.42 Å². The van der Waals surface area contributed by atoms with Crippen LogP contribution in [0.4, 0.5) is 0 Å². The van der Waals surface area contributed by atoms with Crippen LogP contribution in [0.2, 0.25) is 5.02 Å². The van der Waals surface area contributed by atoms with Gasteiger partial charge >= 0.3 is 0 Å². The molecule has 2 aromatic rings. The molecule has 2 rings (SSSR count). The van der Waals surface area contributed by atoms with Gasteiger partial charge in [-0.3, -0.25) is 4.79 Å². The van der Waals surface area contributed by atoms with Crippen LogP contribution in [0.3, 0.4) is 0 Å². The van der Waals surface area contributed by atoms with Crippen molar-refractivity contribution in [3.05, 3.63) is 59.0 Å². The van der Waals surface area contributed by atoms with Gasteiger partial charge in [0.15, 0.2) is 0 Å². The number of carbonyl (C=O) groups is 1. The normalized spacial score (nSPS) is 11.6. The number of nitrogens with one attached hydrogen (secondary N) is 1. The van der Waals surface area contributed by atoms with Gasteiger partial charge in [-0.15, -0.1) is 0 Å². The molecular weight excluding hydrogens is 352 g/mol. The highest BCUT2D eigenvalue weighted by Gasteiger charge is 2.20. The van der Waals surface area contributed by atoms with Crippen molar-refractivity contribution in [1.82, 2.24) is 9.62 Å². The van der Waals surface area contributed by atoms with Crippen LogP contribution in [0.1, 0.15) is 11.3 Å². The summed E-state index contributed by atoms with van der Waals surface area (Å²) in [6.07, 6.45) is 3.07. The molecule has 1 heterocycles. The van der Waals surface area contributed by atoms with Crippen molar-refractivity contribution in [2.45, 2.75) is 13.0 Å². The molecule has 0 fully saturated rings. The zero-order chi connectivity index (χ0) is 17.6. The van der Waals surface area contributed by atoms with E-state index in [0.717, 1.165) is 16.1 Å². The maximum absolute atomic E-state index is 12.0. The SMILES string of the molecule is CS(=O)(=O)N(CCc1cccc(Cl)c1)CC(=O)NCc1ccco1. The Bertz CT molecular complexity index is 775. The summed E-state index contributed by atoms with van der Waals surface area (Å²) < 4.78 is 30.0. The lowest BCUT2D eigenvalue weighted by atomic mass is 10.1. The van der Waals surface area contributed by atoms with Gasteiger partial charge in [-0.05, 0) is 36.2 Å². The monoisotopic (exact) mass is 370 g/mol. The van der Waals surface area contributed by atoms with Crippen molar-refractivity contribution in [3.8, 4) is 0 Å². The van der Waals surface area contributed by atoms with E-state index in [4.69, 9.17) is 16.0 Å². The van der Waals surface area contributed by atoms with Crippen molar-refractivity contribution in [1.29, 1.82) is 0 Å². The lowest BCUT2D eigenvalue weighted by Crippen LogP contribution is -2.41. The molecule has 1 aromatic carbocycles. The molecule has 0 aliphatic heterocycles.